The number of nitrogens with two attached hydrogens (primary N) is 1. The molecular formula is C24H17ClN2O4. The van der Waals surface area contributed by atoms with Gasteiger partial charge in [0.05, 0.1) is 18.6 Å². The number of carbonyl (C=O) groups excluding carboxylic acids is 1. The zero-order valence-electron chi connectivity index (χ0n) is 16.5. The highest BCUT2D eigenvalue weighted by Crippen LogP contribution is 2.43. The summed E-state index contributed by atoms with van der Waals surface area (Å²) in [7, 11) is 1.55. The second kappa shape index (κ2) is 8.42. The number of methoxy groups -OCH3 is 1. The largest absolute Gasteiger partial charge is 0.497 e. The first kappa shape index (κ1) is 20.3. The Morgan fingerprint density at radius 3 is 2.52 bits per heavy atom. The van der Waals surface area contributed by atoms with Gasteiger partial charge in [-0.15, -0.1) is 0 Å². The summed E-state index contributed by atoms with van der Waals surface area (Å²) in [4.78, 5) is 12.5. The van der Waals surface area contributed by atoms with E-state index in [4.69, 9.17) is 31.5 Å². The minimum Gasteiger partial charge on any atom is -0.497 e. The molecule has 6 nitrogen and oxygen atoms in total. The lowest BCUT2D eigenvalue weighted by molar-refractivity contribution is 0.0734. The predicted octanol–water partition coefficient (Wildman–Crippen LogP) is 4.79. The van der Waals surface area contributed by atoms with Crippen molar-refractivity contribution in [3.63, 3.8) is 0 Å². The molecule has 0 aromatic heterocycles. The van der Waals surface area contributed by atoms with Gasteiger partial charge in [0.2, 0.25) is 5.88 Å². The molecule has 2 N–H and O–H groups in total. The number of allylic oxidation sites excluding steroid dienone is 1. The van der Waals surface area contributed by atoms with Crippen LogP contribution in [-0.4, -0.2) is 13.1 Å². The molecule has 154 valence electrons. The Hall–Kier alpha value is -3.95. The fraction of sp³-hybridized carbons (Fsp3) is 0.0833. The van der Waals surface area contributed by atoms with E-state index in [0.717, 1.165) is 11.1 Å². The zero-order chi connectivity index (χ0) is 22.0. The van der Waals surface area contributed by atoms with Gasteiger partial charge in [-0.3, -0.25) is 0 Å². The monoisotopic (exact) mass is 432 g/mol. The Morgan fingerprint density at radius 2 is 1.84 bits per heavy atom. The van der Waals surface area contributed by atoms with Crippen LogP contribution in [0.25, 0.3) is 0 Å². The molecule has 1 aliphatic rings. The van der Waals surface area contributed by atoms with Gasteiger partial charge in [0, 0.05) is 16.7 Å². The summed E-state index contributed by atoms with van der Waals surface area (Å²) < 4.78 is 16.3. The van der Waals surface area contributed by atoms with Gasteiger partial charge in [-0.05, 0) is 48.0 Å². The lowest BCUT2D eigenvalue weighted by atomic mass is 9.83. The first-order valence-corrected chi connectivity index (χ1v) is 9.71. The van der Waals surface area contributed by atoms with Crippen molar-refractivity contribution in [1.82, 2.24) is 0 Å². The average molecular weight is 433 g/mol. The van der Waals surface area contributed by atoms with Crippen LogP contribution < -0.4 is 19.9 Å². The quantitative estimate of drug-likeness (QED) is 0.470. The molecule has 0 bridgehead atoms. The summed E-state index contributed by atoms with van der Waals surface area (Å²) in [5.74, 6) is 0.365. The molecule has 0 saturated carbocycles. The van der Waals surface area contributed by atoms with Crippen LogP contribution in [0.4, 0.5) is 0 Å². The van der Waals surface area contributed by atoms with E-state index in [2.05, 4.69) is 6.07 Å². The third-order valence-electron chi connectivity index (χ3n) is 4.91. The van der Waals surface area contributed by atoms with Gasteiger partial charge in [-0.1, -0.05) is 29.8 Å². The maximum atomic E-state index is 12.5. The number of esters is 1. The number of halogens is 1. The van der Waals surface area contributed by atoms with Gasteiger partial charge >= 0.3 is 5.97 Å². The van der Waals surface area contributed by atoms with E-state index in [9.17, 15) is 10.1 Å². The minimum absolute atomic E-state index is 0.00129. The summed E-state index contributed by atoms with van der Waals surface area (Å²) in [5, 5.41) is 10.2. The average Bonchev–Trinajstić information content (AvgIpc) is 2.78. The number of nitriles is 1. The van der Waals surface area contributed by atoms with E-state index in [1.807, 2.05) is 12.1 Å². The van der Waals surface area contributed by atoms with Crippen LogP contribution in [0.5, 0.6) is 17.2 Å². The van der Waals surface area contributed by atoms with Gasteiger partial charge in [0.25, 0.3) is 0 Å². The Bertz CT molecular complexity index is 1230. The normalized spacial score (nSPS) is 14.8. The first-order valence-electron chi connectivity index (χ1n) is 9.33. The molecule has 0 fully saturated rings. The molecule has 0 radical (unpaired) electrons. The van der Waals surface area contributed by atoms with Crippen molar-refractivity contribution in [2.24, 2.45) is 5.73 Å². The summed E-state index contributed by atoms with van der Waals surface area (Å²) >= 11 is 6.15. The summed E-state index contributed by atoms with van der Waals surface area (Å²) in [5.41, 5.74) is 8.21. The number of benzene rings is 3. The van der Waals surface area contributed by atoms with Crippen LogP contribution in [0.3, 0.4) is 0 Å². The standard InChI is InChI=1S/C24H17ClN2O4/c1-29-17-7-5-14(6-8-17)24(28)30-18-9-10-19-21(12-18)31-23(27)20(13-26)22(19)15-3-2-4-16(25)11-15/h2-12,22H,27H2,1H3. The van der Waals surface area contributed by atoms with Crippen molar-refractivity contribution >= 4 is 17.6 Å². The van der Waals surface area contributed by atoms with E-state index >= 15 is 0 Å². The molecule has 1 aliphatic heterocycles. The van der Waals surface area contributed by atoms with E-state index in [0.29, 0.717) is 22.1 Å². The molecule has 0 spiro atoms. The van der Waals surface area contributed by atoms with Crippen molar-refractivity contribution in [3.8, 4) is 23.3 Å². The van der Waals surface area contributed by atoms with Crippen LogP contribution in [0.2, 0.25) is 5.02 Å². The van der Waals surface area contributed by atoms with E-state index in [-0.39, 0.29) is 17.2 Å². The number of fused-ring (bicyclic) bond motifs is 1. The van der Waals surface area contributed by atoms with E-state index < -0.39 is 11.9 Å². The summed E-state index contributed by atoms with van der Waals surface area (Å²) in [6, 6.07) is 20.9. The van der Waals surface area contributed by atoms with Crippen LogP contribution in [0.15, 0.2) is 78.2 Å². The third-order valence-corrected chi connectivity index (χ3v) is 5.14. The Morgan fingerprint density at radius 1 is 1.10 bits per heavy atom. The fourth-order valence-corrected chi connectivity index (χ4v) is 3.62. The first-order chi connectivity index (χ1) is 15.0. The van der Waals surface area contributed by atoms with Crippen molar-refractivity contribution < 1.29 is 19.0 Å². The minimum atomic E-state index is -0.522. The molecule has 3 aromatic rings. The molecule has 3 aromatic carbocycles. The smallest absolute Gasteiger partial charge is 0.343 e. The highest BCUT2D eigenvalue weighted by atomic mass is 35.5. The lowest BCUT2D eigenvalue weighted by Crippen LogP contribution is -2.21. The van der Waals surface area contributed by atoms with Gasteiger partial charge in [-0.25, -0.2) is 4.79 Å². The molecule has 31 heavy (non-hydrogen) atoms. The third kappa shape index (κ3) is 4.04. The molecule has 4 rings (SSSR count). The van der Waals surface area contributed by atoms with Gasteiger partial charge in [0.1, 0.15) is 28.9 Å². The topological polar surface area (TPSA) is 94.6 Å². The Balaban J connectivity index is 1.66. The molecule has 1 atom stereocenters. The van der Waals surface area contributed by atoms with Crippen molar-refractivity contribution in [1.29, 1.82) is 5.26 Å². The number of carbonyl (C=O) groups is 1. The van der Waals surface area contributed by atoms with E-state index in [1.54, 1.807) is 61.7 Å². The Labute approximate surface area is 184 Å². The van der Waals surface area contributed by atoms with Gasteiger partial charge in [0.15, 0.2) is 0 Å². The SMILES string of the molecule is COc1ccc(C(=O)Oc2ccc3c(c2)OC(N)=C(C#N)C3c2cccc(Cl)c2)cc1. The number of hydrogen-bond acceptors (Lipinski definition) is 6. The summed E-state index contributed by atoms with van der Waals surface area (Å²) in [6.45, 7) is 0. The second-order valence-corrected chi connectivity index (χ2v) is 7.23. The summed E-state index contributed by atoms with van der Waals surface area (Å²) in [6.07, 6.45) is 0. The van der Waals surface area contributed by atoms with Crippen molar-refractivity contribution in [2.45, 2.75) is 5.92 Å². The maximum Gasteiger partial charge on any atom is 0.343 e. The molecule has 7 heteroatoms. The van der Waals surface area contributed by atoms with Crippen LogP contribution in [-0.2, 0) is 0 Å². The number of rotatable bonds is 4. The van der Waals surface area contributed by atoms with Crippen LogP contribution in [0, 0.1) is 11.3 Å². The zero-order valence-corrected chi connectivity index (χ0v) is 17.2. The highest BCUT2D eigenvalue weighted by Gasteiger charge is 2.31. The van der Waals surface area contributed by atoms with Gasteiger partial charge in [-0.2, -0.15) is 5.26 Å². The number of hydrogen-bond donors (Lipinski definition) is 1. The maximum absolute atomic E-state index is 12.5. The van der Waals surface area contributed by atoms with Gasteiger partial charge < -0.3 is 19.9 Å². The van der Waals surface area contributed by atoms with Crippen LogP contribution >= 0.6 is 11.6 Å². The van der Waals surface area contributed by atoms with E-state index in [1.165, 1.54) is 0 Å². The Kier molecular flexibility index (Phi) is 5.52. The molecule has 0 saturated heterocycles. The lowest BCUT2D eigenvalue weighted by Gasteiger charge is -2.26. The predicted molar refractivity (Wildman–Crippen MR) is 115 cm³/mol. The van der Waals surface area contributed by atoms with Crippen molar-refractivity contribution in [3.05, 3.63) is 99.9 Å². The second-order valence-electron chi connectivity index (χ2n) is 6.80. The molecule has 0 amide bonds. The number of nitrogens with zero attached hydrogens (tertiary/aromatic N) is 1. The molecular weight excluding hydrogens is 416 g/mol. The fourth-order valence-electron chi connectivity index (χ4n) is 3.42. The molecule has 0 aliphatic carbocycles. The van der Waals surface area contributed by atoms with Crippen LogP contribution in [0.1, 0.15) is 27.4 Å². The highest BCUT2D eigenvalue weighted by molar-refractivity contribution is 6.30. The number of ether oxygens (including phenoxy) is 3. The molecule has 1 unspecified atom stereocenters. The van der Waals surface area contributed by atoms with Crippen molar-refractivity contribution in [2.75, 3.05) is 7.11 Å². The molecule has 1 heterocycles.